The SMILES string of the molecule is C/C(=C/C(=O)O)COc1ncn(-c2ccccc2)n1. The van der Waals surface area contributed by atoms with Gasteiger partial charge in [-0.3, -0.25) is 0 Å². The molecule has 0 radical (unpaired) electrons. The molecule has 0 unspecified atom stereocenters. The van der Waals surface area contributed by atoms with Crippen LogP contribution >= 0.6 is 0 Å². The normalized spacial score (nSPS) is 11.3. The summed E-state index contributed by atoms with van der Waals surface area (Å²) < 4.78 is 6.89. The fourth-order valence-electron chi connectivity index (χ4n) is 1.45. The number of benzene rings is 1. The van der Waals surface area contributed by atoms with Crippen LogP contribution in [0.2, 0.25) is 0 Å². The van der Waals surface area contributed by atoms with E-state index in [1.807, 2.05) is 30.3 Å². The Bertz CT molecular complexity index is 590. The van der Waals surface area contributed by atoms with Crippen LogP contribution in [0.4, 0.5) is 0 Å². The molecular formula is C13H13N3O3. The van der Waals surface area contributed by atoms with Crippen LogP contribution in [0.25, 0.3) is 5.69 Å². The van der Waals surface area contributed by atoms with Gasteiger partial charge in [0, 0.05) is 6.08 Å². The summed E-state index contributed by atoms with van der Waals surface area (Å²) >= 11 is 0. The summed E-state index contributed by atoms with van der Waals surface area (Å²) in [6.07, 6.45) is 2.63. The minimum Gasteiger partial charge on any atom is -0.478 e. The molecule has 0 aliphatic rings. The van der Waals surface area contributed by atoms with Gasteiger partial charge in [0.15, 0.2) is 0 Å². The van der Waals surface area contributed by atoms with Gasteiger partial charge in [0.1, 0.15) is 12.9 Å². The van der Waals surface area contributed by atoms with Crippen LogP contribution in [0, 0.1) is 0 Å². The van der Waals surface area contributed by atoms with Gasteiger partial charge in [-0.15, -0.1) is 5.10 Å². The van der Waals surface area contributed by atoms with Crippen LogP contribution in [-0.4, -0.2) is 32.4 Å². The number of carbonyl (C=O) groups is 1. The number of nitrogens with zero attached hydrogens (tertiary/aromatic N) is 3. The maximum Gasteiger partial charge on any atom is 0.336 e. The van der Waals surface area contributed by atoms with Crippen molar-refractivity contribution < 1.29 is 14.6 Å². The minimum atomic E-state index is -0.996. The lowest BCUT2D eigenvalue weighted by molar-refractivity contribution is -0.131. The average Bonchev–Trinajstić information content (AvgIpc) is 2.85. The first-order valence-corrected chi connectivity index (χ1v) is 5.65. The Morgan fingerprint density at radius 1 is 1.42 bits per heavy atom. The molecule has 0 fully saturated rings. The maximum absolute atomic E-state index is 10.4. The first-order valence-electron chi connectivity index (χ1n) is 5.65. The minimum absolute atomic E-state index is 0.144. The zero-order valence-electron chi connectivity index (χ0n) is 10.4. The van der Waals surface area contributed by atoms with E-state index < -0.39 is 5.97 Å². The Labute approximate surface area is 110 Å². The molecule has 0 saturated carbocycles. The van der Waals surface area contributed by atoms with Crippen LogP contribution in [-0.2, 0) is 4.79 Å². The van der Waals surface area contributed by atoms with E-state index in [4.69, 9.17) is 9.84 Å². The Balaban J connectivity index is 2.01. The third-order valence-corrected chi connectivity index (χ3v) is 2.29. The van der Waals surface area contributed by atoms with Crippen LogP contribution in [0.5, 0.6) is 6.01 Å². The Kier molecular flexibility index (Phi) is 3.92. The second-order valence-electron chi connectivity index (χ2n) is 3.92. The van der Waals surface area contributed by atoms with Gasteiger partial charge in [-0.2, -0.15) is 4.98 Å². The third kappa shape index (κ3) is 3.67. The molecule has 1 aromatic carbocycles. The Morgan fingerprint density at radius 3 is 2.84 bits per heavy atom. The van der Waals surface area contributed by atoms with Crippen molar-refractivity contribution in [2.45, 2.75) is 6.92 Å². The van der Waals surface area contributed by atoms with E-state index >= 15 is 0 Å². The topological polar surface area (TPSA) is 77.2 Å². The first kappa shape index (κ1) is 12.8. The summed E-state index contributed by atoms with van der Waals surface area (Å²) in [4.78, 5) is 14.4. The fraction of sp³-hybridized carbons (Fsp3) is 0.154. The number of carboxylic acids is 1. The highest BCUT2D eigenvalue weighted by Crippen LogP contribution is 2.08. The Morgan fingerprint density at radius 2 is 2.16 bits per heavy atom. The van der Waals surface area contributed by atoms with Crippen LogP contribution in [0.3, 0.4) is 0 Å². The zero-order chi connectivity index (χ0) is 13.7. The van der Waals surface area contributed by atoms with E-state index in [1.165, 1.54) is 0 Å². The van der Waals surface area contributed by atoms with Crippen molar-refractivity contribution in [1.82, 2.24) is 14.8 Å². The standard InChI is InChI=1S/C13H13N3O3/c1-10(7-12(17)18)8-19-13-14-9-16(15-13)11-5-3-2-4-6-11/h2-7,9H,8H2,1H3,(H,17,18)/b10-7-. The van der Waals surface area contributed by atoms with Gasteiger partial charge in [0.05, 0.1) is 5.69 Å². The van der Waals surface area contributed by atoms with Crippen LogP contribution in [0.1, 0.15) is 6.92 Å². The van der Waals surface area contributed by atoms with Gasteiger partial charge in [0.2, 0.25) is 0 Å². The van der Waals surface area contributed by atoms with Gasteiger partial charge in [-0.1, -0.05) is 18.2 Å². The smallest absolute Gasteiger partial charge is 0.336 e. The van der Waals surface area contributed by atoms with Crippen LogP contribution in [0.15, 0.2) is 48.3 Å². The molecule has 98 valence electrons. The van der Waals surface area contributed by atoms with Crippen molar-refractivity contribution in [2.75, 3.05) is 6.61 Å². The molecule has 0 aliphatic carbocycles. The van der Waals surface area contributed by atoms with E-state index in [1.54, 1.807) is 17.9 Å². The second kappa shape index (κ2) is 5.81. The molecule has 1 N–H and O–H groups in total. The van der Waals surface area contributed by atoms with E-state index in [0.717, 1.165) is 11.8 Å². The molecule has 1 aromatic heterocycles. The molecule has 2 aromatic rings. The summed E-state index contributed by atoms with van der Waals surface area (Å²) in [7, 11) is 0. The van der Waals surface area contributed by atoms with Crippen molar-refractivity contribution >= 4 is 5.97 Å². The largest absolute Gasteiger partial charge is 0.478 e. The van der Waals surface area contributed by atoms with Gasteiger partial charge in [-0.25, -0.2) is 9.48 Å². The molecular weight excluding hydrogens is 246 g/mol. The number of para-hydroxylation sites is 1. The molecule has 0 bridgehead atoms. The van der Waals surface area contributed by atoms with E-state index in [9.17, 15) is 4.79 Å². The van der Waals surface area contributed by atoms with Crippen molar-refractivity contribution in [3.8, 4) is 11.7 Å². The summed E-state index contributed by atoms with van der Waals surface area (Å²) in [6.45, 7) is 1.81. The molecule has 2 rings (SSSR count). The number of ether oxygens (including phenoxy) is 1. The number of rotatable bonds is 5. The third-order valence-electron chi connectivity index (χ3n) is 2.29. The summed E-state index contributed by atoms with van der Waals surface area (Å²) in [5, 5.41) is 12.7. The quantitative estimate of drug-likeness (QED) is 0.826. The zero-order valence-corrected chi connectivity index (χ0v) is 10.4. The van der Waals surface area contributed by atoms with Gasteiger partial charge in [0.25, 0.3) is 0 Å². The highest BCUT2D eigenvalue weighted by molar-refractivity contribution is 5.80. The predicted molar refractivity (Wildman–Crippen MR) is 68.2 cm³/mol. The number of carboxylic acid groups (broad SMARTS) is 1. The van der Waals surface area contributed by atoms with E-state index in [-0.39, 0.29) is 12.6 Å². The lowest BCUT2D eigenvalue weighted by Gasteiger charge is -2.01. The first-order chi connectivity index (χ1) is 9.15. The average molecular weight is 259 g/mol. The van der Waals surface area contributed by atoms with E-state index in [0.29, 0.717) is 5.57 Å². The molecule has 0 spiro atoms. The fourth-order valence-corrected chi connectivity index (χ4v) is 1.45. The van der Waals surface area contributed by atoms with Crippen molar-refractivity contribution in [1.29, 1.82) is 0 Å². The monoisotopic (exact) mass is 259 g/mol. The van der Waals surface area contributed by atoms with Gasteiger partial charge in [-0.05, 0) is 24.6 Å². The second-order valence-corrected chi connectivity index (χ2v) is 3.92. The Hall–Kier alpha value is -2.63. The lowest BCUT2D eigenvalue weighted by Crippen LogP contribution is -2.03. The molecule has 0 saturated heterocycles. The van der Waals surface area contributed by atoms with Crippen molar-refractivity contribution in [2.24, 2.45) is 0 Å². The van der Waals surface area contributed by atoms with Gasteiger partial charge >= 0.3 is 12.0 Å². The molecule has 6 nitrogen and oxygen atoms in total. The summed E-state index contributed by atoms with van der Waals surface area (Å²) in [5.74, 6) is -0.996. The predicted octanol–water partition coefficient (Wildman–Crippen LogP) is 1.68. The molecule has 0 aliphatic heterocycles. The lowest BCUT2D eigenvalue weighted by atomic mass is 10.3. The number of aromatic nitrogens is 3. The molecule has 1 heterocycles. The maximum atomic E-state index is 10.4. The number of hydrogen-bond acceptors (Lipinski definition) is 4. The summed E-state index contributed by atoms with van der Waals surface area (Å²) in [5.41, 5.74) is 1.46. The van der Waals surface area contributed by atoms with Crippen LogP contribution < -0.4 is 4.74 Å². The van der Waals surface area contributed by atoms with E-state index in [2.05, 4.69) is 10.1 Å². The molecule has 19 heavy (non-hydrogen) atoms. The molecule has 6 heteroatoms. The highest BCUT2D eigenvalue weighted by Gasteiger charge is 2.04. The van der Waals surface area contributed by atoms with Crippen molar-refractivity contribution in [3.05, 3.63) is 48.3 Å². The summed E-state index contributed by atoms with van der Waals surface area (Å²) in [6, 6.07) is 9.72. The van der Waals surface area contributed by atoms with Gasteiger partial charge < -0.3 is 9.84 Å². The number of aliphatic carboxylic acids is 1. The highest BCUT2D eigenvalue weighted by atomic mass is 16.5. The molecule has 0 atom stereocenters. The van der Waals surface area contributed by atoms with Crippen molar-refractivity contribution in [3.63, 3.8) is 0 Å². The molecule has 0 amide bonds. The number of hydrogen-bond donors (Lipinski definition) is 1.